The van der Waals surface area contributed by atoms with Crippen LogP contribution in [-0.4, -0.2) is 50.6 Å². The van der Waals surface area contributed by atoms with E-state index in [0.29, 0.717) is 13.1 Å². The van der Waals surface area contributed by atoms with E-state index < -0.39 is 15.9 Å². The van der Waals surface area contributed by atoms with Crippen LogP contribution in [0, 0.1) is 13.8 Å². The molecule has 0 unspecified atom stereocenters. The molecule has 0 aliphatic rings. The molecule has 5 heteroatoms. The molecule has 0 aromatic heterocycles. The number of aliphatic hydroxyl groups is 1. The molecule has 0 saturated heterocycles. The molecule has 0 aliphatic heterocycles. The summed E-state index contributed by atoms with van der Waals surface area (Å²) in [5.41, 5.74) is 3.07. The van der Waals surface area contributed by atoms with Gasteiger partial charge < -0.3 is 10.0 Å². The van der Waals surface area contributed by atoms with Crippen LogP contribution in [0.3, 0.4) is 0 Å². The van der Waals surface area contributed by atoms with Gasteiger partial charge in [-0.25, -0.2) is 8.42 Å². The molecule has 19 heavy (non-hydrogen) atoms. The fraction of sp³-hybridized carbons (Fsp3) is 0.571. The van der Waals surface area contributed by atoms with Crippen molar-refractivity contribution in [3.05, 3.63) is 34.9 Å². The highest BCUT2D eigenvalue weighted by Gasteiger charge is 2.14. The molecule has 0 amide bonds. The van der Waals surface area contributed by atoms with Gasteiger partial charge in [-0.3, -0.25) is 0 Å². The lowest BCUT2D eigenvalue weighted by atomic mass is 10.0. The Kier molecular flexibility index (Phi) is 5.52. The van der Waals surface area contributed by atoms with E-state index in [0.717, 1.165) is 16.7 Å². The van der Waals surface area contributed by atoms with Crippen molar-refractivity contribution in [3.63, 3.8) is 0 Å². The molecule has 0 fully saturated rings. The first-order valence-electron chi connectivity index (χ1n) is 6.30. The highest BCUT2D eigenvalue weighted by molar-refractivity contribution is 7.90. The second-order valence-corrected chi connectivity index (χ2v) is 7.53. The summed E-state index contributed by atoms with van der Waals surface area (Å²) in [4.78, 5) is 1.84. The Labute approximate surface area is 116 Å². The number of rotatable bonds is 6. The number of hydrogen-bond donors (Lipinski definition) is 1. The van der Waals surface area contributed by atoms with Crippen molar-refractivity contribution in [2.24, 2.45) is 0 Å². The molecule has 0 radical (unpaired) electrons. The molecule has 1 atom stereocenters. The van der Waals surface area contributed by atoms with Gasteiger partial charge in [-0.1, -0.05) is 23.8 Å². The normalized spacial score (nSPS) is 13.8. The van der Waals surface area contributed by atoms with Crippen LogP contribution in [0.5, 0.6) is 0 Å². The minimum atomic E-state index is -2.96. The number of sulfone groups is 1. The monoisotopic (exact) mass is 285 g/mol. The summed E-state index contributed by atoms with van der Waals surface area (Å²) < 4.78 is 22.2. The molecule has 1 N–H and O–H groups in total. The van der Waals surface area contributed by atoms with Gasteiger partial charge in [0.15, 0.2) is 0 Å². The van der Waals surface area contributed by atoms with Crippen molar-refractivity contribution in [2.75, 3.05) is 32.1 Å². The third-order valence-electron chi connectivity index (χ3n) is 3.12. The van der Waals surface area contributed by atoms with Crippen LogP contribution in [0.15, 0.2) is 18.2 Å². The van der Waals surface area contributed by atoms with E-state index in [4.69, 9.17) is 0 Å². The summed E-state index contributed by atoms with van der Waals surface area (Å²) >= 11 is 0. The van der Waals surface area contributed by atoms with E-state index >= 15 is 0 Å². The van der Waals surface area contributed by atoms with Gasteiger partial charge in [0.05, 0.1) is 11.9 Å². The zero-order valence-corrected chi connectivity index (χ0v) is 12.9. The molecule has 1 aromatic carbocycles. The SMILES string of the molecule is Cc1ccc(C)c([C@H](O)CN(C)CCS(C)(=O)=O)c1. The summed E-state index contributed by atoms with van der Waals surface area (Å²) in [6, 6.07) is 5.98. The number of nitrogens with zero attached hydrogens (tertiary/aromatic N) is 1. The van der Waals surface area contributed by atoms with Gasteiger partial charge in [-0.05, 0) is 32.0 Å². The summed E-state index contributed by atoms with van der Waals surface area (Å²) in [7, 11) is -1.14. The lowest BCUT2D eigenvalue weighted by Crippen LogP contribution is -2.29. The van der Waals surface area contributed by atoms with E-state index in [1.54, 1.807) is 0 Å². The lowest BCUT2D eigenvalue weighted by molar-refractivity contribution is 0.129. The van der Waals surface area contributed by atoms with E-state index in [1.807, 2.05) is 44.0 Å². The van der Waals surface area contributed by atoms with Crippen LogP contribution >= 0.6 is 0 Å². The maximum atomic E-state index is 11.1. The van der Waals surface area contributed by atoms with Crippen molar-refractivity contribution in [1.29, 1.82) is 0 Å². The fourth-order valence-electron chi connectivity index (χ4n) is 1.93. The molecule has 0 bridgehead atoms. The van der Waals surface area contributed by atoms with Gasteiger partial charge in [0.25, 0.3) is 0 Å². The number of benzene rings is 1. The standard InChI is InChI=1S/C14H23NO3S/c1-11-5-6-12(2)13(9-11)14(16)10-15(3)7-8-19(4,17)18/h5-6,9,14,16H,7-8,10H2,1-4H3/t14-/m1/s1. The third-order valence-corrected chi connectivity index (χ3v) is 4.05. The van der Waals surface area contributed by atoms with Gasteiger partial charge in [-0.2, -0.15) is 0 Å². The molecule has 4 nitrogen and oxygen atoms in total. The zero-order valence-electron chi connectivity index (χ0n) is 12.0. The molecule has 1 rings (SSSR count). The predicted octanol–water partition coefficient (Wildman–Crippen LogP) is 1.31. The predicted molar refractivity (Wildman–Crippen MR) is 78.1 cm³/mol. The highest BCUT2D eigenvalue weighted by atomic mass is 32.2. The molecule has 0 heterocycles. The second-order valence-electron chi connectivity index (χ2n) is 5.27. The second kappa shape index (κ2) is 6.50. The molecular formula is C14H23NO3S. The van der Waals surface area contributed by atoms with E-state index in [-0.39, 0.29) is 5.75 Å². The lowest BCUT2D eigenvalue weighted by Gasteiger charge is -2.21. The zero-order chi connectivity index (χ0) is 14.6. The van der Waals surface area contributed by atoms with Crippen LogP contribution in [0.2, 0.25) is 0 Å². The van der Waals surface area contributed by atoms with Gasteiger partial charge in [0, 0.05) is 19.3 Å². The largest absolute Gasteiger partial charge is 0.387 e. The fourth-order valence-corrected chi connectivity index (χ4v) is 2.57. The molecule has 0 aliphatic carbocycles. The minimum Gasteiger partial charge on any atom is -0.387 e. The Morgan fingerprint density at radius 2 is 1.95 bits per heavy atom. The first kappa shape index (κ1) is 16.1. The van der Waals surface area contributed by atoms with Crippen molar-refractivity contribution in [3.8, 4) is 0 Å². The van der Waals surface area contributed by atoms with Crippen molar-refractivity contribution in [2.45, 2.75) is 20.0 Å². The summed E-state index contributed by atoms with van der Waals surface area (Å²) in [5, 5.41) is 10.2. The van der Waals surface area contributed by atoms with Crippen LogP contribution in [-0.2, 0) is 9.84 Å². The average Bonchev–Trinajstić information content (AvgIpc) is 2.28. The quantitative estimate of drug-likeness (QED) is 0.856. The first-order chi connectivity index (χ1) is 8.69. The van der Waals surface area contributed by atoms with Crippen LogP contribution in [0.4, 0.5) is 0 Å². The van der Waals surface area contributed by atoms with E-state index in [1.165, 1.54) is 6.26 Å². The molecule has 0 saturated carbocycles. The maximum absolute atomic E-state index is 11.1. The van der Waals surface area contributed by atoms with Crippen LogP contribution in [0.1, 0.15) is 22.8 Å². The molecule has 0 spiro atoms. The number of aliphatic hydroxyl groups excluding tert-OH is 1. The molecular weight excluding hydrogens is 262 g/mol. The average molecular weight is 285 g/mol. The number of hydrogen-bond acceptors (Lipinski definition) is 4. The Morgan fingerprint density at radius 3 is 2.53 bits per heavy atom. The summed E-state index contributed by atoms with van der Waals surface area (Å²) in [6.07, 6.45) is 0.631. The highest BCUT2D eigenvalue weighted by Crippen LogP contribution is 2.19. The Morgan fingerprint density at radius 1 is 1.32 bits per heavy atom. The summed E-state index contributed by atoms with van der Waals surface area (Å²) in [6.45, 7) is 4.82. The topological polar surface area (TPSA) is 57.6 Å². The summed E-state index contributed by atoms with van der Waals surface area (Å²) in [5.74, 6) is 0.114. The van der Waals surface area contributed by atoms with Crippen molar-refractivity contribution in [1.82, 2.24) is 4.90 Å². The third kappa shape index (κ3) is 5.72. The van der Waals surface area contributed by atoms with E-state index in [2.05, 4.69) is 0 Å². The van der Waals surface area contributed by atoms with Gasteiger partial charge in [-0.15, -0.1) is 0 Å². The minimum absolute atomic E-state index is 0.114. The molecule has 108 valence electrons. The molecule has 1 aromatic rings. The maximum Gasteiger partial charge on any atom is 0.148 e. The number of likely N-dealkylation sites (N-methyl/N-ethyl adjacent to an activating group) is 1. The van der Waals surface area contributed by atoms with Gasteiger partial charge in [0.1, 0.15) is 9.84 Å². The van der Waals surface area contributed by atoms with Crippen molar-refractivity contribution < 1.29 is 13.5 Å². The van der Waals surface area contributed by atoms with Gasteiger partial charge in [0.2, 0.25) is 0 Å². The van der Waals surface area contributed by atoms with Crippen LogP contribution < -0.4 is 0 Å². The van der Waals surface area contributed by atoms with Crippen molar-refractivity contribution >= 4 is 9.84 Å². The Hall–Kier alpha value is -0.910. The Balaban J connectivity index is 2.63. The first-order valence-corrected chi connectivity index (χ1v) is 8.36. The smallest absolute Gasteiger partial charge is 0.148 e. The van der Waals surface area contributed by atoms with Gasteiger partial charge >= 0.3 is 0 Å². The Bertz CT molecular complexity index is 525. The van der Waals surface area contributed by atoms with E-state index in [9.17, 15) is 13.5 Å². The van der Waals surface area contributed by atoms with Crippen LogP contribution in [0.25, 0.3) is 0 Å². The number of aryl methyl sites for hydroxylation is 2.